The Hall–Kier alpha value is -1.20. The second kappa shape index (κ2) is 7.55. The number of alkyl halides is 1. The topological polar surface area (TPSA) is 41.9 Å². The summed E-state index contributed by atoms with van der Waals surface area (Å²) in [5.41, 5.74) is 1.16. The summed E-state index contributed by atoms with van der Waals surface area (Å²) in [5, 5.41) is 0.891. The van der Waals surface area contributed by atoms with E-state index in [0.717, 1.165) is 23.9 Å². The standard InChI is InChI=1S/C15H19BrN2O2/c1-20-14-13(18(15(14)19)9-5-8-16)11-17-10-12-6-3-2-4-7-12/h2-4,6-7,11,13-14H,5,8-10H2,1H3/t13-,14+/m0/s1. The predicted molar refractivity (Wildman–Crippen MR) is 83.3 cm³/mol. The van der Waals surface area contributed by atoms with E-state index in [9.17, 15) is 4.79 Å². The van der Waals surface area contributed by atoms with Crippen molar-refractivity contribution in [2.75, 3.05) is 19.0 Å². The van der Waals surface area contributed by atoms with E-state index in [1.54, 1.807) is 7.11 Å². The number of nitrogens with zero attached hydrogens (tertiary/aromatic N) is 2. The summed E-state index contributed by atoms with van der Waals surface area (Å²) in [6, 6.07) is 10.0. The van der Waals surface area contributed by atoms with Crippen molar-refractivity contribution in [3.63, 3.8) is 0 Å². The lowest BCUT2D eigenvalue weighted by Gasteiger charge is -2.44. The second-order valence-electron chi connectivity index (χ2n) is 4.70. The molecule has 1 saturated heterocycles. The Morgan fingerprint density at radius 2 is 2.15 bits per heavy atom. The van der Waals surface area contributed by atoms with Gasteiger partial charge in [0.15, 0.2) is 6.10 Å². The molecule has 0 bridgehead atoms. The van der Waals surface area contributed by atoms with Crippen LogP contribution in [0.15, 0.2) is 35.3 Å². The van der Waals surface area contributed by atoms with E-state index in [0.29, 0.717) is 6.54 Å². The van der Waals surface area contributed by atoms with Crippen molar-refractivity contribution < 1.29 is 9.53 Å². The van der Waals surface area contributed by atoms with Crippen LogP contribution in [0.4, 0.5) is 0 Å². The third-order valence-corrected chi connectivity index (χ3v) is 3.92. The quantitative estimate of drug-likeness (QED) is 0.434. The van der Waals surface area contributed by atoms with Crippen LogP contribution in [0.1, 0.15) is 12.0 Å². The van der Waals surface area contributed by atoms with Crippen LogP contribution in [0.5, 0.6) is 0 Å². The van der Waals surface area contributed by atoms with Crippen LogP contribution in [-0.4, -0.2) is 48.2 Å². The van der Waals surface area contributed by atoms with Gasteiger partial charge in [0, 0.05) is 25.2 Å². The van der Waals surface area contributed by atoms with E-state index in [1.165, 1.54) is 0 Å². The highest BCUT2D eigenvalue weighted by atomic mass is 79.9. The van der Waals surface area contributed by atoms with Crippen molar-refractivity contribution >= 4 is 28.1 Å². The molecular weight excluding hydrogens is 320 g/mol. The minimum absolute atomic E-state index is 0.0322. The molecule has 0 saturated carbocycles. The number of amides is 1. The van der Waals surface area contributed by atoms with E-state index in [2.05, 4.69) is 20.9 Å². The third-order valence-electron chi connectivity index (χ3n) is 3.36. The van der Waals surface area contributed by atoms with Gasteiger partial charge in [0.05, 0.1) is 6.54 Å². The number of methoxy groups -OCH3 is 1. The van der Waals surface area contributed by atoms with Gasteiger partial charge in [0.2, 0.25) is 0 Å². The van der Waals surface area contributed by atoms with Gasteiger partial charge in [0.1, 0.15) is 6.04 Å². The molecular formula is C15H19BrN2O2. The minimum atomic E-state index is -0.371. The maximum absolute atomic E-state index is 11.9. The number of ether oxygens (including phenoxy) is 1. The first-order chi connectivity index (χ1) is 9.77. The molecule has 0 aliphatic carbocycles. The van der Waals surface area contributed by atoms with Gasteiger partial charge in [-0.25, -0.2) is 0 Å². The highest BCUT2D eigenvalue weighted by Crippen LogP contribution is 2.22. The highest BCUT2D eigenvalue weighted by molar-refractivity contribution is 9.09. The van der Waals surface area contributed by atoms with Crippen LogP contribution >= 0.6 is 15.9 Å². The first-order valence-corrected chi connectivity index (χ1v) is 7.83. The van der Waals surface area contributed by atoms with Gasteiger partial charge in [-0.15, -0.1) is 0 Å². The van der Waals surface area contributed by atoms with Crippen molar-refractivity contribution in [1.29, 1.82) is 0 Å². The lowest BCUT2D eigenvalue weighted by molar-refractivity contribution is -0.163. The molecule has 1 heterocycles. The predicted octanol–water partition coefficient (Wildman–Crippen LogP) is 2.27. The number of rotatable bonds is 7. The fourth-order valence-electron chi connectivity index (χ4n) is 2.28. The van der Waals surface area contributed by atoms with Gasteiger partial charge in [-0.3, -0.25) is 9.79 Å². The molecule has 1 fully saturated rings. The molecule has 4 nitrogen and oxygen atoms in total. The largest absolute Gasteiger partial charge is 0.369 e. The molecule has 2 rings (SSSR count). The molecule has 0 unspecified atom stereocenters. The van der Waals surface area contributed by atoms with Crippen LogP contribution in [0.2, 0.25) is 0 Å². The zero-order chi connectivity index (χ0) is 14.4. The number of benzene rings is 1. The van der Waals surface area contributed by atoms with Gasteiger partial charge in [0.25, 0.3) is 5.91 Å². The maximum Gasteiger partial charge on any atom is 0.254 e. The Labute approximate surface area is 128 Å². The molecule has 5 heteroatoms. The maximum atomic E-state index is 11.9. The SMILES string of the molecule is CO[C@H]1C(=O)N(CCCBr)[C@H]1C=NCc1ccccc1. The molecule has 1 aromatic rings. The van der Waals surface area contributed by atoms with Crippen LogP contribution < -0.4 is 0 Å². The molecule has 1 aliphatic heterocycles. The summed E-state index contributed by atoms with van der Waals surface area (Å²) in [6.07, 6.45) is 2.41. The number of hydrogen-bond donors (Lipinski definition) is 0. The molecule has 0 N–H and O–H groups in total. The number of aliphatic imine (C=N–C) groups is 1. The van der Waals surface area contributed by atoms with Crippen molar-refractivity contribution in [3.05, 3.63) is 35.9 Å². The highest BCUT2D eigenvalue weighted by Gasteiger charge is 2.46. The molecule has 20 heavy (non-hydrogen) atoms. The Kier molecular flexibility index (Phi) is 5.73. The number of carbonyl (C=O) groups is 1. The number of β-lactam (4-membered cyclic amide) rings is 1. The summed E-state index contributed by atoms with van der Waals surface area (Å²) in [5.74, 6) is 0.0598. The van der Waals surface area contributed by atoms with Crippen LogP contribution in [-0.2, 0) is 16.1 Å². The summed E-state index contributed by atoms with van der Waals surface area (Å²) in [4.78, 5) is 18.1. The van der Waals surface area contributed by atoms with Gasteiger partial charge >= 0.3 is 0 Å². The number of halogens is 1. The van der Waals surface area contributed by atoms with E-state index in [1.807, 2.05) is 41.4 Å². The van der Waals surface area contributed by atoms with E-state index in [-0.39, 0.29) is 18.1 Å². The second-order valence-corrected chi connectivity index (χ2v) is 5.49. The number of carbonyl (C=O) groups excluding carboxylic acids is 1. The third kappa shape index (κ3) is 3.46. The van der Waals surface area contributed by atoms with Crippen LogP contribution in [0.3, 0.4) is 0 Å². The zero-order valence-electron chi connectivity index (χ0n) is 11.5. The fraction of sp³-hybridized carbons (Fsp3) is 0.467. The van der Waals surface area contributed by atoms with Gasteiger partial charge < -0.3 is 9.64 Å². The van der Waals surface area contributed by atoms with Crippen molar-refractivity contribution in [3.8, 4) is 0 Å². The van der Waals surface area contributed by atoms with E-state index in [4.69, 9.17) is 4.74 Å². The molecule has 0 spiro atoms. The van der Waals surface area contributed by atoms with Crippen LogP contribution in [0.25, 0.3) is 0 Å². The number of likely N-dealkylation sites (tertiary alicyclic amines) is 1. The number of hydrogen-bond acceptors (Lipinski definition) is 3. The van der Waals surface area contributed by atoms with Crippen molar-refractivity contribution in [2.45, 2.75) is 25.1 Å². The van der Waals surface area contributed by atoms with Crippen molar-refractivity contribution in [2.24, 2.45) is 4.99 Å². The van der Waals surface area contributed by atoms with E-state index < -0.39 is 0 Å². The monoisotopic (exact) mass is 338 g/mol. The molecule has 2 atom stereocenters. The average molecular weight is 339 g/mol. The fourth-order valence-corrected chi connectivity index (χ4v) is 2.53. The Morgan fingerprint density at radius 3 is 2.80 bits per heavy atom. The molecule has 1 amide bonds. The molecule has 1 aliphatic rings. The lowest BCUT2D eigenvalue weighted by Crippen LogP contribution is -2.66. The summed E-state index contributed by atoms with van der Waals surface area (Å²) < 4.78 is 5.23. The molecule has 0 aromatic heterocycles. The normalized spacial score (nSPS) is 22.3. The first-order valence-electron chi connectivity index (χ1n) is 6.71. The summed E-state index contributed by atoms with van der Waals surface area (Å²) in [6.45, 7) is 1.38. The first kappa shape index (κ1) is 15.2. The summed E-state index contributed by atoms with van der Waals surface area (Å²) in [7, 11) is 1.57. The molecule has 1 aromatic carbocycles. The van der Waals surface area contributed by atoms with Crippen molar-refractivity contribution in [1.82, 2.24) is 4.90 Å². The van der Waals surface area contributed by atoms with E-state index >= 15 is 0 Å². The van der Waals surface area contributed by atoms with Gasteiger partial charge in [-0.2, -0.15) is 0 Å². The molecule has 0 radical (unpaired) electrons. The summed E-state index contributed by atoms with van der Waals surface area (Å²) >= 11 is 3.38. The van der Waals surface area contributed by atoms with Gasteiger partial charge in [-0.1, -0.05) is 46.3 Å². The Morgan fingerprint density at radius 1 is 1.40 bits per heavy atom. The zero-order valence-corrected chi connectivity index (χ0v) is 13.1. The van der Waals surface area contributed by atoms with Gasteiger partial charge in [-0.05, 0) is 12.0 Å². The minimum Gasteiger partial charge on any atom is -0.369 e. The Bertz CT molecular complexity index is 464. The lowest BCUT2D eigenvalue weighted by atomic mass is 9.98. The smallest absolute Gasteiger partial charge is 0.254 e. The Balaban J connectivity index is 1.92. The van der Waals surface area contributed by atoms with Crippen LogP contribution in [0, 0.1) is 0 Å². The average Bonchev–Trinajstić information content (AvgIpc) is 2.48. The molecule has 108 valence electrons.